The molecule has 1 aliphatic rings. The van der Waals surface area contributed by atoms with Crippen molar-refractivity contribution in [1.29, 1.82) is 0 Å². The number of halogens is 1. The van der Waals surface area contributed by atoms with Gasteiger partial charge in [0.05, 0.1) is 0 Å². The Bertz CT molecular complexity index is 1220. The van der Waals surface area contributed by atoms with Gasteiger partial charge in [-0.05, 0) is 67.1 Å². The van der Waals surface area contributed by atoms with E-state index in [1.54, 1.807) is 11.0 Å². The van der Waals surface area contributed by atoms with E-state index in [1.807, 2.05) is 80.6 Å². The maximum atomic E-state index is 13.8. The maximum Gasteiger partial charge on any atom is 0.261 e. The molecular formula is C32H37ClN2O3. The number of nitrogens with zero attached hydrogens (tertiary/aromatic N) is 1. The predicted octanol–water partition coefficient (Wildman–Crippen LogP) is 6.42. The molecule has 0 radical (unpaired) electrons. The van der Waals surface area contributed by atoms with Crippen molar-refractivity contribution in [2.24, 2.45) is 0 Å². The van der Waals surface area contributed by atoms with Crippen LogP contribution in [0.25, 0.3) is 0 Å². The Morgan fingerprint density at radius 3 is 2.42 bits per heavy atom. The van der Waals surface area contributed by atoms with Crippen LogP contribution in [-0.2, 0) is 22.6 Å². The summed E-state index contributed by atoms with van der Waals surface area (Å²) in [6.45, 7) is 4.04. The third-order valence-corrected chi connectivity index (χ3v) is 7.39. The molecule has 200 valence electrons. The van der Waals surface area contributed by atoms with Crippen LogP contribution in [0.5, 0.6) is 5.75 Å². The van der Waals surface area contributed by atoms with E-state index < -0.39 is 6.04 Å². The normalized spacial score (nSPS) is 14.5. The summed E-state index contributed by atoms with van der Waals surface area (Å²) < 4.78 is 6.00. The first-order valence-corrected chi connectivity index (χ1v) is 13.8. The molecule has 1 unspecified atom stereocenters. The molecule has 1 atom stereocenters. The van der Waals surface area contributed by atoms with E-state index in [0.29, 0.717) is 17.2 Å². The van der Waals surface area contributed by atoms with E-state index in [4.69, 9.17) is 16.3 Å². The number of hydrogen-bond acceptors (Lipinski definition) is 3. The third-order valence-electron chi connectivity index (χ3n) is 7.16. The first-order valence-electron chi connectivity index (χ1n) is 13.5. The highest BCUT2D eigenvalue weighted by atomic mass is 35.5. The van der Waals surface area contributed by atoms with Crippen molar-refractivity contribution < 1.29 is 14.3 Å². The molecule has 0 saturated heterocycles. The fraction of sp³-hybridized carbons (Fsp3) is 0.375. The van der Waals surface area contributed by atoms with E-state index >= 15 is 0 Å². The monoisotopic (exact) mass is 532 g/mol. The molecule has 0 heterocycles. The van der Waals surface area contributed by atoms with Gasteiger partial charge in [-0.25, -0.2) is 0 Å². The smallest absolute Gasteiger partial charge is 0.261 e. The van der Waals surface area contributed by atoms with Gasteiger partial charge in [-0.1, -0.05) is 85.5 Å². The van der Waals surface area contributed by atoms with E-state index in [2.05, 4.69) is 5.32 Å². The van der Waals surface area contributed by atoms with Gasteiger partial charge in [0.2, 0.25) is 5.91 Å². The third kappa shape index (κ3) is 7.84. The summed E-state index contributed by atoms with van der Waals surface area (Å²) in [7, 11) is 0. The van der Waals surface area contributed by atoms with E-state index in [1.165, 1.54) is 6.42 Å². The van der Waals surface area contributed by atoms with Crippen LogP contribution in [0.2, 0.25) is 5.02 Å². The number of benzene rings is 3. The van der Waals surface area contributed by atoms with E-state index in [9.17, 15) is 9.59 Å². The summed E-state index contributed by atoms with van der Waals surface area (Å²) in [6.07, 6.45) is 5.79. The van der Waals surface area contributed by atoms with Gasteiger partial charge in [0, 0.05) is 24.0 Å². The van der Waals surface area contributed by atoms with Gasteiger partial charge in [0.1, 0.15) is 11.8 Å². The van der Waals surface area contributed by atoms with Crippen LogP contribution in [0.1, 0.15) is 54.4 Å². The zero-order chi connectivity index (χ0) is 26.9. The Kier molecular flexibility index (Phi) is 9.83. The Morgan fingerprint density at radius 2 is 1.68 bits per heavy atom. The number of carbonyl (C=O) groups excluding carboxylic acids is 2. The molecule has 4 rings (SSSR count). The van der Waals surface area contributed by atoms with Gasteiger partial charge >= 0.3 is 0 Å². The van der Waals surface area contributed by atoms with Gasteiger partial charge in [-0.15, -0.1) is 0 Å². The largest absolute Gasteiger partial charge is 0.483 e. The summed E-state index contributed by atoms with van der Waals surface area (Å²) in [5.41, 5.74) is 3.88. The lowest BCUT2D eigenvalue weighted by Gasteiger charge is -2.33. The number of carbonyl (C=O) groups is 2. The van der Waals surface area contributed by atoms with E-state index in [0.717, 1.165) is 47.9 Å². The molecule has 6 heteroatoms. The average Bonchev–Trinajstić information content (AvgIpc) is 2.92. The van der Waals surface area contributed by atoms with Crippen LogP contribution in [0.3, 0.4) is 0 Å². The van der Waals surface area contributed by atoms with Crippen LogP contribution in [0.15, 0.2) is 72.8 Å². The Hall–Kier alpha value is -3.31. The molecule has 0 spiro atoms. The second kappa shape index (κ2) is 13.5. The van der Waals surface area contributed by atoms with Crippen LogP contribution in [0.4, 0.5) is 0 Å². The first-order chi connectivity index (χ1) is 18.4. The fourth-order valence-corrected chi connectivity index (χ4v) is 5.23. The summed E-state index contributed by atoms with van der Waals surface area (Å²) >= 11 is 6.27. The molecule has 38 heavy (non-hydrogen) atoms. The van der Waals surface area contributed by atoms with Gasteiger partial charge in [0.25, 0.3) is 5.91 Å². The van der Waals surface area contributed by atoms with Crippen molar-refractivity contribution >= 4 is 23.4 Å². The number of aryl methyl sites for hydroxylation is 2. The Morgan fingerprint density at radius 1 is 0.947 bits per heavy atom. The lowest BCUT2D eigenvalue weighted by Crippen LogP contribution is -2.53. The van der Waals surface area contributed by atoms with Gasteiger partial charge in [-0.2, -0.15) is 0 Å². The molecular weight excluding hydrogens is 496 g/mol. The predicted molar refractivity (Wildman–Crippen MR) is 152 cm³/mol. The van der Waals surface area contributed by atoms with Gasteiger partial charge < -0.3 is 15.0 Å². The molecule has 0 aromatic heterocycles. The van der Waals surface area contributed by atoms with Crippen LogP contribution in [0, 0.1) is 13.8 Å². The second-order valence-corrected chi connectivity index (χ2v) is 10.7. The molecule has 1 N–H and O–H groups in total. The number of rotatable bonds is 10. The second-order valence-electron chi connectivity index (χ2n) is 10.3. The minimum Gasteiger partial charge on any atom is -0.483 e. The highest BCUT2D eigenvalue weighted by molar-refractivity contribution is 6.30. The minimum atomic E-state index is -0.687. The molecule has 3 aromatic carbocycles. The van der Waals surface area contributed by atoms with Crippen LogP contribution < -0.4 is 10.1 Å². The van der Waals surface area contributed by atoms with Gasteiger partial charge in [0.15, 0.2) is 6.61 Å². The highest BCUT2D eigenvalue weighted by Crippen LogP contribution is 2.22. The SMILES string of the molecule is Cc1ccc(C)c(OCC(=O)N(Cc2cccc(Cl)c2)C(Cc2ccccc2)C(=O)NC2CCCCC2)c1. The standard InChI is InChI=1S/C32H37ClN2O3/c1-23-16-17-24(2)30(18-23)38-22-31(36)35(21-26-12-9-13-27(33)19-26)29(20-25-10-5-3-6-11-25)32(37)34-28-14-7-4-8-15-28/h3,5-6,9-13,16-19,28-29H,4,7-8,14-15,20-22H2,1-2H3,(H,34,37). The number of hydrogen-bond donors (Lipinski definition) is 1. The first kappa shape index (κ1) is 27.7. The van der Waals surface area contributed by atoms with Gasteiger partial charge in [-0.3, -0.25) is 9.59 Å². The summed E-state index contributed by atoms with van der Waals surface area (Å²) in [4.78, 5) is 29.3. The van der Waals surface area contributed by atoms with Crippen molar-refractivity contribution in [1.82, 2.24) is 10.2 Å². The number of ether oxygens (including phenoxy) is 1. The molecule has 1 fully saturated rings. The zero-order valence-corrected chi connectivity index (χ0v) is 23.0. The number of nitrogens with one attached hydrogen (secondary N) is 1. The van der Waals surface area contributed by atoms with Crippen molar-refractivity contribution in [3.05, 3.63) is 100 Å². The Balaban J connectivity index is 1.62. The van der Waals surface area contributed by atoms with Crippen molar-refractivity contribution in [3.8, 4) is 5.75 Å². The molecule has 1 aliphatic carbocycles. The Labute approximate surface area is 231 Å². The van der Waals surface area contributed by atoms with Crippen molar-refractivity contribution in [2.45, 2.75) is 71.0 Å². The summed E-state index contributed by atoms with van der Waals surface area (Å²) in [5.74, 6) is 0.306. The average molecular weight is 533 g/mol. The minimum absolute atomic E-state index is 0.122. The fourth-order valence-electron chi connectivity index (χ4n) is 5.02. The lowest BCUT2D eigenvalue weighted by atomic mass is 9.94. The molecule has 0 bridgehead atoms. The molecule has 1 saturated carbocycles. The summed E-state index contributed by atoms with van der Waals surface area (Å²) in [6, 6.07) is 22.7. The quantitative estimate of drug-likeness (QED) is 0.327. The van der Waals surface area contributed by atoms with Crippen molar-refractivity contribution in [3.63, 3.8) is 0 Å². The molecule has 2 amide bonds. The van der Waals surface area contributed by atoms with E-state index in [-0.39, 0.29) is 31.0 Å². The van der Waals surface area contributed by atoms with Crippen molar-refractivity contribution in [2.75, 3.05) is 6.61 Å². The molecule has 5 nitrogen and oxygen atoms in total. The molecule has 3 aromatic rings. The topological polar surface area (TPSA) is 58.6 Å². The van der Waals surface area contributed by atoms with Crippen LogP contribution in [-0.4, -0.2) is 35.4 Å². The maximum absolute atomic E-state index is 13.8. The lowest BCUT2D eigenvalue weighted by molar-refractivity contribution is -0.143. The highest BCUT2D eigenvalue weighted by Gasteiger charge is 2.32. The van der Waals surface area contributed by atoms with Crippen LogP contribution >= 0.6 is 11.6 Å². The zero-order valence-electron chi connectivity index (χ0n) is 22.3. The number of amides is 2. The molecule has 0 aliphatic heterocycles. The summed E-state index contributed by atoms with van der Waals surface area (Å²) in [5, 5.41) is 3.85.